The Morgan fingerprint density at radius 3 is 2.78 bits per heavy atom. The minimum Gasteiger partial charge on any atom is -0.356 e. The van der Waals surface area contributed by atoms with E-state index in [-0.39, 0.29) is 0 Å². The fraction of sp³-hybridized carbons (Fsp3) is 0.824. The molecule has 23 heavy (non-hydrogen) atoms. The van der Waals surface area contributed by atoms with Crippen LogP contribution in [-0.2, 0) is 6.42 Å². The van der Waals surface area contributed by atoms with Gasteiger partial charge in [0, 0.05) is 39.0 Å². The van der Waals surface area contributed by atoms with E-state index in [1.807, 2.05) is 7.05 Å². The van der Waals surface area contributed by atoms with Crippen molar-refractivity contribution in [2.45, 2.75) is 58.3 Å². The number of guanidine groups is 1. The molecule has 3 rings (SSSR count). The summed E-state index contributed by atoms with van der Waals surface area (Å²) in [7, 11) is 1.87. The van der Waals surface area contributed by atoms with Crippen LogP contribution in [-0.4, -0.2) is 47.7 Å². The second-order valence-corrected chi connectivity index (χ2v) is 7.30. The standard InChI is InChI=1S/C17H29N5O/c1-13(2)15-20-14(23-21-15)6-10-19-16(18-3)22-11-9-17(12-22)7-4-5-8-17/h13H,4-12H2,1-3H3,(H,18,19). The van der Waals surface area contributed by atoms with Crippen molar-refractivity contribution in [3.63, 3.8) is 0 Å². The lowest BCUT2D eigenvalue weighted by atomic mass is 9.86. The number of aliphatic imine (C=N–C) groups is 1. The maximum atomic E-state index is 5.29. The number of likely N-dealkylation sites (tertiary alicyclic amines) is 1. The molecular weight excluding hydrogens is 290 g/mol. The van der Waals surface area contributed by atoms with Gasteiger partial charge in [0.1, 0.15) is 0 Å². The quantitative estimate of drug-likeness (QED) is 0.682. The number of nitrogens with zero attached hydrogens (tertiary/aromatic N) is 4. The molecule has 1 saturated heterocycles. The first kappa shape index (κ1) is 16.3. The summed E-state index contributed by atoms with van der Waals surface area (Å²) in [6, 6.07) is 0. The van der Waals surface area contributed by atoms with Crippen LogP contribution in [0.15, 0.2) is 9.52 Å². The normalized spacial score (nSPS) is 20.9. The van der Waals surface area contributed by atoms with Crippen molar-refractivity contribution in [3.05, 3.63) is 11.7 Å². The van der Waals surface area contributed by atoms with Crippen LogP contribution in [0, 0.1) is 5.41 Å². The maximum absolute atomic E-state index is 5.29. The second kappa shape index (κ2) is 6.89. The fourth-order valence-electron chi connectivity index (χ4n) is 3.87. The van der Waals surface area contributed by atoms with Crippen molar-refractivity contribution < 1.29 is 4.52 Å². The molecule has 2 fully saturated rings. The summed E-state index contributed by atoms with van der Waals surface area (Å²) in [6.07, 6.45) is 7.62. The van der Waals surface area contributed by atoms with Crippen LogP contribution in [0.1, 0.15) is 63.6 Å². The molecule has 2 heterocycles. The minimum atomic E-state index is 0.306. The first-order valence-corrected chi connectivity index (χ1v) is 8.90. The van der Waals surface area contributed by atoms with Crippen molar-refractivity contribution in [1.29, 1.82) is 0 Å². The van der Waals surface area contributed by atoms with Gasteiger partial charge >= 0.3 is 0 Å². The van der Waals surface area contributed by atoms with Gasteiger partial charge < -0.3 is 14.7 Å². The molecule has 1 aliphatic carbocycles. The summed E-state index contributed by atoms with van der Waals surface area (Å²) in [5.74, 6) is 2.80. The Kier molecular flexibility index (Phi) is 4.87. The highest BCUT2D eigenvalue weighted by molar-refractivity contribution is 5.80. The molecule has 1 spiro atoms. The van der Waals surface area contributed by atoms with E-state index in [4.69, 9.17) is 4.52 Å². The van der Waals surface area contributed by atoms with Crippen molar-refractivity contribution in [2.75, 3.05) is 26.7 Å². The Labute approximate surface area is 138 Å². The molecule has 0 bridgehead atoms. The lowest BCUT2D eigenvalue weighted by Crippen LogP contribution is -2.41. The van der Waals surface area contributed by atoms with Gasteiger partial charge in [-0.05, 0) is 24.7 Å². The minimum absolute atomic E-state index is 0.306. The molecule has 1 N–H and O–H groups in total. The number of hydrogen-bond acceptors (Lipinski definition) is 4. The van der Waals surface area contributed by atoms with Crippen LogP contribution in [0.25, 0.3) is 0 Å². The van der Waals surface area contributed by atoms with Gasteiger partial charge in [0.05, 0.1) is 0 Å². The van der Waals surface area contributed by atoms with Crippen LogP contribution >= 0.6 is 0 Å². The SMILES string of the molecule is CN=C(NCCc1nc(C(C)C)no1)N1CCC2(CCCC2)C1. The topological polar surface area (TPSA) is 66.5 Å². The number of nitrogens with one attached hydrogen (secondary N) is 1. The van der Waals surface area contributed by atoms with E-state index in [1.54, 1.807) is 0 Å². The highest BCUT2D eigenvalue weighted by Gasteiger charge is 2.41. The first-order chi connectivity index (χ1) is 11.1. The summed E-state index contributed by atoms with van der Waals surface area (Å²) < 4.78 is 5.29. The molecular formula is C17H29N5O. The van der Waals surface area contributed by atoms with Gasteiger partial charge in [-0.3, -0.25) is 4.99 Å². The molecule has 1 aromatic heterocycles. The molecule has 0 amide bonds. The predicted octanol–water partition coefficient (Wildman–Crippen LogP) is 2.58. The summed E-state index contributed by atoms with van der Waals surface area (Å²) in [6.45, 7) is 7.19. The van der Waals surface area contributed by atoms with E-state index in [1.165, 1.54) is 32.1 Å². The highest BCUT2D eigenvalue weighted by atomic mass is 16.5. The van der Waals surface area contributed by atoms with Crippen molar-refractivity contribution >= 4 is 5.96 Å². The zero-order valence-corrected chi connectivity index (χ0v) is 14.6. The molecule has 1 aromatic rings. The van der Waals surface area contributed by atoms with E-state index in [2.05, 4.69) is 39.2 Å². The summed E-state index contributed by atoms with van der Waals surface area (Å²) in [5.41, 5.74) is 0.566. The van der Waals surface area contributed by atoms with Gasteiger partial charge in [0.25, 0.3) is 0 Å². The molecule has 6 heteroatoms. The second-order valence-electron chi connectivity index (χ2n) is 7.30. The van der Waals surface area contributed by atoms with E-state index < -0.39 is 0 Å². The number of rotatable bonds is 4. The van der Waals surface area contributed by atoms with Crippen LogP contribution in [0.2, 0.25) is 0 Å². The Morgan fingerprint density at radius 1 is 1.35 bits per heavy atom. The monoisotopic (exact) mass is 319 g/mol. The Balaban J connectivity index is 1.48. The molecule has 0 atom stereocenters. The van der Waals surface area contributed by atoms with Crippen LogP contribution in [0.4, 0.5) is 0 Å². The number of aromatic nitrogens is 2. The third-order valence-corrected chi connectivity index (χ3v) is 5.24. The van der Waals surface area contributed by atoms with Crippen LogP contribution in [0.5, 0.6) is 0 Å². The largest absolute Gasteiger partial charge is 0.356 e. The molecule has 2 aliphatic rings. The fourth-order valence-corrected chi connectivity index (χ4v) is 3.87. The van der Waals surface area contributed by atoms with Crippen molar-refractivity contribution in [3.8, 4) is 0 Å². The van der Waals surface area contributed by atoms with Crippen LogP contribution in [0.3, 0.4) is 0 Å². The Morgan fingerprint density at radius 2 is 2.13 bits per heavy atom. The third kappa shape index (κ3) is 3.67. The summed E-state index contributed by atoms with van der Waals surface area (Å²) in [5, 5.41) is 7.46. The van der Waals surface area contributed by atoms with Crippen LogP contribution < -0.4 is 5.32 Å². The Bertz CT molecular complexity index is 545. The van der Waals surface area contributed by atoms with E-state index in [0.717, 1.165) is 37.8 Å². The molecule has 1 saturated carbocycles. The maximum Gasteiger partial charge on any atom is 0.228 e. The Hall–Kier alpha value is -1.59. The molecule has 1 aliphatic heterocycles. The van der Waals surface area contributed by atoms with E-state index in [0.29, 0.717) is 17.2 Å². The highest BCUT2D eigenvalue weighted by Crippen LogP contribution is 2.45. The molecule has 6 nitrogen and oxygen atoms in total. The van der Waals surface area contributed by atoms with E-state index >= 15 is 0 Å². The zero-order valence-electron chi connectivity index (χ0n) is 14.6. The molecule has 0 aromatic carbocycles. The van der Waals surface area contributed by atoms with Gasteiger partial charge in [0.15, 0.2) is 11.8 Å². The molecule has 0 radical (unpaired) electrons. The number of hydrogen-bond donors (Lipinski definition) is 1. The zero-order chi connectivity index (χ0) is 16.3. The lowest BCUT2D eigenvalue weighted by molar-refractivity contribution is 0.309. The molecule has 0 unspecified atom stereocenters. The van der Waals surface area contributed by atoms with Gasteiger partial charge in [-0.1, -0.05) is 31.8 Å². The van der Waals surface area contributed by atoms with Gasteiger partial charge in [-0.2, -0.15) is 4.98 Å². The third-order valence-electron chi connectivity index (χ3n) is 5.24. The van der Waals surface area contributed by atoms with Gasteiger partial charge in [-0.15, -0.1) is 0 Å². The van der Waals surface area contributed by atoms with Crippen molar-refractivity contribution in [1.82, 2.24) is 20.4 Å². The van der Waals surface area contributed by atoms with Gasteiger partial charge in [-0.25, -0.2) is 0 Å². The average Bonchev–Trinajstić information content (AvgIpc) is 3.26. The average molecular weight is 319 g/mol. The van der Waals surface area contributed by atoms with Crippen molar-refractivity contribution in [2.24, 2.45) is 10.4 Å². The van der Waals surface area contributed by atoms with E-state index in [9.17, 15) is 0 Å². The summed E-state index contributed by atoms with van der Waals surface area (Å²) >= 11 is 0. The predicted molar refractivity (Wildman–Crippen MR) is 90.5 cm³/mol. The smallest absolute Gasteiger partial charge is 0.228 e. The lowest BCUT2D eigenvalue weighted by Gasteiger charge is -2.25. The summed E-state index contributed by atoms with van der Waals surface area (Å²) in [4.78, 5) is 11.3. The first-order valence-electron chi connectivity index (χ1n) is 8.90. The van der Waals surface area contributed by atoms with Gasteiger partial charge in [0.2, 0.25) is 5.89 Å². The molecule has 128 valence electrons.